The van der Waals surface area contributed by atoms with E-state index in [4.69, 9.17) is 10.3 Å². The lowest BCUT2D eigenvalue weighted by molar-refractivity contribution is 0.0952. The molecule has 1 aliphatic rings. The first-order valence-electron chi connectivity index (χ1n) is 7.00. The summed E-state index contributed by atoms with van der Waals surface area (Å²) in [5, 5.41) is 0. The molecular formula is C14H24N4O2. The third-order valence-electron chi connectivity index (χ3n) is 3.97. The molecule has 112 valence electrons. The first-order chi connectivity index (χ1) is 9.51. The minimum atomic E-state index is -0.308. The molecule has 1 fully saturated rings. The number of carbonyl (C=O) groups excluding carboxylic acids is 1. The second-order valence-corrected chi connectivity index (χ2v) is 5.63. The molecule has 2 rings (SSSR count). The van der Waals surface area contributed by atoms with Crippen LogP contribution in [0.15, 0.2) is 10.5 Å². The molecule has 6 heteroatoms. The van der Waals surface area contributed by atoms with Crippen molar-refractivity contribution in [3.8, 4) is 0 Å². The second-order valence-electron chi connectivity index (χ2n) is 5.63. The Bertz CT molecular complexity index is 472. The van der Waals surface area contributed by atoms with Gasteiger partial charge in [-0.25, -0.2) is 5.84 Å². The van der Waals surface area contributed by atoms with Crippen molar-refractivity contribution in [1.82, 2.24) is 15.2 Å². The fourth-order valence-electron chi connectivity index (χ4n) is 2.80. The molecule has 0 aliphatic carbocycles. The number of piperidine rings is 1. The number of nitrogens with two attached hydrogens (primary N) is 1. The van der Waals surface area contributed by atoms with Crippen LogP contribution >= 0.6 is 0 Å². The van der Waals surface area contributed by atoms with Crippen molar-refractivity contribution in [2.24, 2.45) is 5.84 Å². The highest BCUT2D eigenvalue weighted by Gasteiger charge is 2.22. The Balaban J connectivity index is 2.00. The molecule has 6 nitrogen and oxygen atoms in total. The van der Waals surface area contributed by atoms with E-state index >= 15 is 0 Å². The number of hydrazine groups is 1. The van der Waals surface area contributed by atoms with E-state index in [-0.39, 0.29) is 5.91 Å². The highest BCUT2D eigenvalue weighted by Crippen LogP contribution is 2.19. The van der Waals surface area contributed by atoms with Crippen LogP contribution in [-0.4, -0.2) is 48.9 Å². The summed E-state index contributed by atoms with van der Waals surface area (Å²) in [7, 11) is 4.26. The van der Waals surface area contributed by atoms with Gasteiger partial charge in [0.2, 0.25) is 0 Å². The molecule has 0 spiro atoms. The summed E-state index contributed by atoms with van der Waals surface area (Å²) < 4.78 is 5.65. The van der Waals surface area contributed by atoms with Gasteiger partial charge in [0.1, 0.15) is 11.5 Å². The van der Waals surface area contributed by atoms with Crippen LogP contribution in [0, 0.1) is 6.92 Å². The van der Waals surface area contributed by atoms with E-state index in [2.05, 4.69) is 29.3 Å². The van der Waals surface area contributed by atoms with Gasteiger partial charge in [0.15, 0.2) is 0 Å². The number of rotatable bonds is 4. The number of aryl methyl sites for hydroxylation is 1. The summed E-state index contributed by atoms with van der Waals surface area (Å²) >= 11 is 0. The van der Waals surface area contributed by atoms with Gasteiger partial charge in [-0.15, -0.1) is 0 Å². The van der Waals surface area contributed by atoms with Crippen LogP contribution in [0.2, 0.25) is 0 Å². The predicted molar refractivity (Wildman–Crippen MR) is 77.1 cm³/mol. The van der Waals surface area contributed by atoms with Crippen molar-refractivity contribution < 1.29 is 9.21 Å². The van der Waals surface area contributed by atoms with E-state index in [1.807, 2.05) is 0 Å². The predicted octanol–water partition coefficient (Wildman–Crippen LogP) is 0.718. The molecule has 0 saturated carbocycles. The molecule has 0 bridgehead atoms. The molecule has 1 atom stereocenters. The van der Waals surface area contributed by atoms with E-state index in [0.717, 1.165) is 12.3 Å². The highest BCUT2D eigenvalue weighted by atomic mass is 16.3. The van der Waals surface area contributed by atoms with Crippen LogP contribution in [0.3, 0.4) is 0 Å². The number of hydrogen-bond acceptors (Lipinski definition) is 5. The van der Waals surface area contributed by atoms with Gasteiger partial charge in [0.05, 0.1) is 12.1 Å². The number of carbonyl (C=O) groups is 1. The average molecular weight is 280 g/mol. The zero-order valence-corrected chi connectivity index (χ0v) is 12.5. The number of nitrogens with zero attached hydrogens (tertiary/aromatic N) is 2. The van der Waals surface area contributed by atoms with Gasteiger partial charge in [0.25, 0.3) is 5.91 Å². The molecule has 1 aromatic rings. The number of nitrogen functional groups attached to an aromatic ring is 1. The minimum Gasteiger partial charge on any atom is -0.464 e. The molecule has 1 saturated heterocycles. The molecule has 0 aromatic carbocycles. The molecule has 3 N–H and O–H groups in total. The van der Waals surface area contributed by atoms with Crippen LogP contribution in [0.1, 0.15) is 34.7 Å². The number of amides is 1. The van der Waals surface area contributed by atoms with E-state index < -0.39 is 0 Å². The summed E-state index contributed by atoms with van der Waals surface area (Å²) in [6.45, 7) is 4.73. The van der Waals surface area contributed by atoms with Gasteiger partial charge < -0.3 is 9.32 Å². The Morgan fingerprint density at radius 2 is 2.40 bits per heavy atom. The van der Waals surface area contributed by atoms with E-state index in [9.17, 15) is 4.79 Å². The maximum absolute atomic E-state index is 11.6. The van der Waals surface area contributed by atoms with Crippen molar-refractivity contribution in [3.05, 3.63) is 23.2 Å². The van der Waals surface area contributed by atoms with Gasteiger partial charge >= 0.3 is 0 Å². The summed E-state index contributed by atoms with van der Waals surface area (Å²) in [6.07, 6.45) is 2.43. The van der Waals surface area contributed by atoms with Crippen LogP contribution in [-0.2, 0) is 6.54 Å². The minimum absolute atomic E-state index is 0.308. The fourth-order valence-corrected chi connectivity index (χ4v) is 2.80. The summed E-state index contributed by atoms with van der Waals surface area (Å²) in [5.41, 5.74) is 2.65. The Morgan fingerprint density at radius 3 is 3.05 bits per heavy atom. The highest BCUT2D eigenvalue weighted by molar-refractivity contribution is 5.94. The molecule has 0 radical (unpaired) electrons. The number of hydrogen-bond donors (Lipinski definition) is 2. The third-order valence-corrected chi connectivity index (χ3v) is 3.97. The summed E-state index contributed by atoms with van der Waals surface area (Å²) in [5.74, 6) is 6.26. The van der Waals surface area contributed by atoms with Crippen molar-refractivity contribution in [1.29, 1.82) is 0 Å². The van der Waals surface area contributed by atoms with Crippen molar-refractivity contribution in [2.45, 2.75) is 32.4 Å². The Kier molecular flexibility index (Phi) is 4.80. The molecule has 1 aromatic heterocycles. The van der Waals surface area contributed by atoms with Crippen molar-refractivity contribution in [2.75, 3.05) is 27.2 Å². The molecule has 20 heavy (non-hydrogen) atoms. The first kappa shape index (κ1) is 15.0. The van der Waals surface area contributed by atoms with Gasteiger partial charge in [0, 0.05) is 12.6 Å². The maximum atomic E-state index is 11.6. The molecule has 2 heterocycles. The van der Waals surface area contributed by atoms with Gasteiger partial charge in [-0.2, -0.15) is 0 Å². The summed E-state index contributed by atoms with van der Waals surface area (Å²) in [6, 6.07) is 2.31. The second kappa shape index (κ2) is 6.39. The number of nitrogens with one attached hydrogen (secondary N) is 1. The number of furan rings is 1. The molecule has 1 amide bonds. The zero-order chi connectivity index (χ0) is 14.7. The quantitative estimate of drug-likeness (QED) is 0.483. The number of likely N-dealkylation sites (tertiary alicyclic amines) is 1. The first-order valence-corrected chi connectivity index (χ1v) is 7.00. The average Bonchev–Trinajstić information content (AvgIpc) is 2.78. The summed E-state index contributed by atoms with van der Waals surface area (Å²) in [4.78, 5) is 16.2. The van der Waals surface area contributed by atoms with E-state index in [1.165, 1.54) is 19.4 Å². The largest absolute Gasteiger partial charge is 0.464 e. The topological polar surface area (TPSA) is 74.7 Å². The van der Waals surface area contributed by atoms with Crippen LogP contribution < -0.4 is 11.3 Å². The Labute approximate surface area is 119 Å². The fraction of sp³-hybridized carbons (Fsp3) is 0.643. The van der Waals surface area contributed by atoms with Gasteiger partial charge in [-0.1, -0.05) is 0 Å². The van der Waals surface area contributed by atoms with Crippen LogP contribution in [0.5, 0.6) is 0 Å². The smallest absolute Gasteiger partial charge is 0.268 e. The third kappa shape index (κ3) is 3.39. The van der Waals surface area contributed by atoms with E-state index in [1.54, 1.807) is 13.0 Å². The van der Waals surface area contributed by atoms with E-state index in [0.29, 0.717) is 23.9 Å². The maximum Gasteiger partial charge on any atom is 0.268 e. The van der Waals surface area contributed by atoms with Gasteiger partial charge in [-0.3, -0.25) is 15.1 Å². The van der Waals surface area contributed by atoms with Gasteiger partial charge in [-0.05, 0) is 46.5 Å². The van der Waals surface area contributed by atoms with Crippen LogP contribution in [0.25, 0.3) is 0 Å². The standard InChI is InChI=1S/C14H24N4O2/c1-10-13(14(19)16-15)7-12(20-10)9-18(3)11-5-4-6-17(2)8-11/h7,11H,4-6,8-9,15H2,1-3H3,(H,16,19). The van der Waals surface area contributed by atoms with Crippen molar-refractivity contribution >= 4 is 5.91 Å². The molecule has 1 unspecified atom stereocenters. The normalized spacial score (nSPS) is 20.4. The Morgan fingerprint density at radius 1 is 1.65 bits per heavy atom. The monoisotopic (exact) mass is 280 g/mol. The Hall–Kier alpha value is -1.37. The molecule has 1 aliphatic heterocycles. The molecular weight excluding hydrogens is 256 g/mol. The zero-order valence-electron chi connectivity index (χ0n) is 12.5. The lowest BCUT2D eigenvalue weighted by Crippen LogP contribution is -2.44. The lowest BCUT2D eigenvalue weighted by atomic mass is 10.1. The van der Waals surface area contributed by atoms with Crippen molar-refractivity contribution in [3.63, 3.8) is 0 Å². The SMILES string of the molecule is Cc1oc(CN(C)C2CCCN(C)C2)cc1C(=O)NN. The van der Waals surface area contributed by atoms with Crippen LogP contribution in [0.4, 0.5) is 0 Å². The number of likely N-dealkylation sites (N-methyl/N-ethyl adjacent to an activating group) is 2. The lowest BCUT2D eigenvalue weighted by Gasteiger charge is -2.35.